The molecule has 88 valence electrons. The van der Waals surface area contributed by atoms with Gasteiger partial charge in [-0.3, -0.25) is 0 Å². The standard InChI is InChI=1S/C12H13N3O2/c13-7-9-3-1-2-4-11(9)17-12(16)15-6-5-10(14)8-15/h1-4,10H,5-6,8,14H2/t10-/m1/s1. The van der Waals surface area contributed by atoms with Crippen LogP contribution in [0.2, 0.25) is 0 Å². The van der Waals surface area contributed by atoms with E-state index in [1.54, 1.807) is 29.2 Å². The van der Waals surface area contributed by atoms with Gasteiger partial charge in [-0.05, 0) is 18.6 Å². The Labute approximate surface area is 99.4 Å². The van der Waals surface area contributed by atoms with Gasteiger partial charge in [0.2, 0.25) is 0 Å². The van der Waals surface area contributed by atoms with Crippen LogP contribution in [0.15, 0.2) is 24.3 Å². The van der Waals surface area contributed by atoms with E-state index in [-0.39, 0.29) is 6.04 Å². The molecule has 1 aromatic rings. The van der Waals surface area contributed by atoms with Crippen molar-refractivity contribution in [2.45, 2.75) is 12.5 Å². The van der Waals surface area contributed by atoms with E-state index in [4.69, 9.17) is 15.7 Å². The highest BCUT2D eigenvalue weighted by Crippen LogP contribution is 2.18. The minimum Gasteiger partial charge on any atom is -0.409 e. The first kappa shape index (κ1) is 11.4. The van der Waals surface area contributed by atoms with Crippen molar-refractivity contribution in [2.24, 2.45) is 5.73 Å². The molecule has 5 nitrogen and oxygen atoms in total. The van der Waals surface area contributed by atoms with E-state index in [0.29, 0.717) is 24.4 Å². The number of benzene rings is 1. The van der Waals surface area contributed by atoms with Crippen molar-refractivity contribution in [2.75, 3.05) is 13.1 Å². The minimum absolute atomic E-state index is 0.0220. The maximum absolute atomic E-state index is 11.8. The van der Waals surface area contributed by atoms with Crippen LogP contribution in [-0.2, 0) is 0 Å². The lowest BCUT2D eigenvalue weighted by atomic mass is 10.2. The molecule has 1 amide bonds. The third kappa shape index (κ3) is 2.55. The van der Waals surface area contributed by atoms with Gasteiger partial charge in [-0.2, -0.15) is 5.26 Å². The van der Waals surface area contributed by atoms with Gasteiger partial charge in [-0.1, -0.05) is 12.1 Å². The lowest BCUT2D eigenvalue weighted by Gasteiger charge is -2.15. The molecule has 1 aromatic carbocycles. The summed E-state index contributed by atoms with van der Waals surface area (Å²) in [6.45, 7) is 1.11. The number of nitriles is 1. The average molecular weight is 231 g/mol. The molecule has 1 saturated heterocycles. The Bertz CT molecular complexity index is 467. The van der Waals surface area contributed by atoms with Gasteiger partial charge in [0.1, 0.15) is 6.07 Å². The zero-order chi connectivity index (χ0) is 12.3. The van der Waals surface area contributed by atoms with Crippen molar-refractivity contribution < 1.29 is 9.53 Å². The first-order valence-electron chi connectivity index (χ1n) is 5.42. The number of nitrogens with zero attached hydrogens (tertiary/aromatic N) is 2. The molecule has 1 fully saturated rings. The minimum atomic E-state index is -0.444. The lowest BCUT2D eigenvalue weighted by Crippen LogP contribution is -2.34. The summed E-state index contributed by atoms with van der Waals surface area (Å²) in [7, 11) is 0. The molecular weight excluding hydrogens is 218 g/mol. The van der Waals surface area contributed by atoms with E-state index in [0.717, 1.165) is 6.42 Å². The van der Waals surface area contributed by atoms with Gasteiger partial charge in [0.25, 0.3) is 0 Å². The summed E-state index contributed by atoms with van der Waals surface area (Å²) in [6, 6.07) is 8.66. The molecule has 0 unspecified atom stereocenters. The summed E-state index contributed by atoms with van der Waals surface area (Å²) < 4.78 is 5.18. The molecule has 0 bridgehead atoms. The number of hydrogen-bond donors (Lipinski definition) is 1. The van der Waals surface area contributed by atoms with Crippen molar-refractivity contribution in [1.29, 1.82) is 5.26 Å². The SMILES string of the molecule is N#Cc1ccccc1OC(=O)N1CC[C@@H](N)C1. The number of rotatable bonds is 1. The van der Waals surface area contributed by atoms with Crippen molar-refractivity contribution in [1.82, 2.24) is 4.90 Å². The van der Waals surface area contributed by atoms with Crippen LogP contribution in [0.1, 0.15) is 12.0 Å². The maximum atomic E-state index is 11.8. The quantitative estimate of drug-likeness (QED) is 0.784. The average Bonchev–Trinajstić information content (AvgIpc) is 2.77. The summed E-state index contributed by atoms with van der Waals surface area (Å²) in [6.07, 6.45) is 0.343. The van der Waals surface area contributed by atoms with Gasteiger partial charge in [0.15, 0.2) is 5.75 Å². The molecule has 2 N–H and O–H groups in total. The predicted octanol–water partition coefficient (Wildman–Crippen LogP) is 1.09. The van der Waals surface area contributed by atoms with Gasteiger partial charge in [-0.25, -0.2) is 4.79 Å². The second kappa shape index (κ2) is 4.85. The van der Waals surface area contributed by atoms with Gasteiger partial charge in [-0.15, -0.1) is 0 Å². The fourth-order valence-corrected chi connectivity index (χ4v) is 1.76. The molecule has 17 heavy (non-hydrogen) atoms. The van der Waals surface area contributed by atoms with Crippen molar-refractivity contribution in [3.63, 3.8) is 0 Å². The molecule has 0 aromatic heterocycles. The van der Waals surface area contributed by atoms with Crippen LogP contribution in [-0.4, -0.2) is 30.1 Å². The van der Waals surface area contributed by atoms with Gasteiger partial charge in [0.05, 0.1) is 5.56 Å². The zero-order valence-corrected chi connectivity index (χ0v) is 9.30. The highest BCUT2D eigenvalue weighted by Gasteiger charge is 2.25. The number of likely N-dealkylation sites (tertiary alicyclic amines) is 1. The van der Waals surface area contributed by atoms with Crippen LogP contribution in [0.25, 0.3) is 0 Å². The third-order valence-corrected chi connectivity index (χ3v) is 2.69. The number of carbonyl (C=O) groups is 1. The highest BCUT2D eigenvalue weighted by atomic mass is 16.6. The van der Waals surface area contributed by atoms with E-state index in [9.17, 15) is 4.79 Å². The number of amides is 1. The molecule has 5 heteroatoms. The summed E-state index contributed by atoms with van der Waals surface area (Å²) in [5.74, 6) is 0.292. The second-order valence-electron chi connectivity index (χ2n) is 3.97. The Kier molecular flexibility index (Phi) is 3.26. The van der Waals surface area contributed by atoms with Crippen LogP contribution in [0, 0.1) is 11.3 Å². The van der Waals surface area contributed by atoms with E-state index in [2.05, 4.69) is 0 Å². The normalized spacial score (nSPS) is 18.8. The maximum Gasteiger partial charge on any atom is 0.415 e. The Hall–Kier alpha value is -2.06. The van der Waals surface area contributed by atoms with Gasteiger partial charge in [0, 0.05) is 19.1 Å². The Morgan fingerprint density at radius 2 is 2.29 bits per heavy atom. The molecule has 1 atom stereocenters. The molecule has 0 radical (unpaired) electrons. The van der Waals surface area contributed by atoms with Crippen LogP contribution < -0.4 is 10.5 Å². The van der Waals surface area contributed by atoms with E-state index < -0.39 is 6.09 Å². The summed E-state index contributed by atoms with van der Waals surface area (Å²) >= 11 is 0. The number of ether oxygens (including phenoxy) is 1. The molecule has 1 aliphatic heterocycles. The van der Waals surface area contributed by atoms with Crippen LogP contribution in [0.4, 0.5) is 4.79 Å². The Balaban J connectivity index is 2.06. The second-order valence-corrected chi connectivity index (χ2v) is 3.97. The molecule has 1 aliphatic rings. The highest BCUT2D eigenvalue weighted by molar-refractivity contribution is 5.72. The Morgan fingerprint density at radius 3 is 2.94 bits per heavy atom. The lowest BCUT2D eigenvalue weighted by molar-refractivity contribution is 0.162. The van der Waals surface area contributed by atoms with Crippen molar-refractivity contribution in [3.8, 4) is 11.8 Å². The van der Waals surface area contributed by atoms with E-state index >= 15 is 0 Å². The smallest absolute Gasteiger partial charge is 0.409 e. The summed E-state index contributed by atoms with van der Waals surface area (Å²) in [5, 5.41) is 8.86. The largest absolute Gasteiger partial charge is 0.415 e. The van der Waals surface area contributed by atoms with Crippen LogP contribution in [0.5, 0.6) is 5.75 Å². The summed E-state index contributed by atoms with van der Waals surface area (Å²) in [4.78, 5) is 13.3. The molecule has 1 heterocycles. The predicted molar refractivity (Wildman–Crippen MR) is 61.3 cm³/mol. The Morgan fingerprint density at radius 1 is 1.53 bits per heavy atom. The zero-order valence-electron chi connectivity index (χ0n) is 9.30. The fourth-order valence-electron chi connectivity index (χ4n) is 1.76. The van der Waals surface area contributed by atoms with Crippen molar-refractivity contribution >= 4 is 6.09 Å². The van der Waals surface area contributed by atoms with Gasteiger partial charge >= 0.3 is 6.09 Å². The number of nitrogens with two attached hydrogens (primary N) is 1. The van der Waals surface area contributed by atoms with E-state index in [1.807, 2.05) is 6.07 Å². The molecule has 0 aliphatic carbocycles. The van der Waals surface area contributed by atoms with Crippen LogP contribution >= 0.6 is 0 Å². The molecular formula is C12H13N3O2. The number of para-hydroxylation sites is 1. The first-order chi connectivity index (χ1) is 8.20. The first-order valence-corrected chi connectivity index (χ1v) is 5.42. The molecule has 2 rings (SSSR count). The number of hydrogen-bond acceptors (Lipinski definition) is 4. The van der Waals surface area contributed by atoms with E-state index in [1.165, 1.54) is 0 Å². The van der Waals surface area contributed by atoms with Crippen molar-refractivity contribution in [3.05, 3.63) is 29.8 Å². The molecule has 0 saturated carbocycles. The monoisotopic (exact) mass is 231 g/mol. The third-order valence-electron chi connectivity index (χ3n) is 2.69. The number of carbonyl (C=O) groups excluding carboxylic acids is 1. The topological polar surface area (TPSA) is 79.3 Å². The molecule has 0 spiro atoms. The van der Waals surface area contributed by atoms with Crippen LogP contribution in [0.3, 0.4) is 0 Å². The fraction of sp³-hybridized carbons (Fsp3) is 0.333. The van der Waals surface area contributed by atoms with Gasteiger partial charge < -0.3 is 15.4 Å². The summed E-state index contributed by atoms with van der Waals surface area (Å²) in [5.41, 5.74) is 6.06.